The van der Waals surface area contributed by atoms with Gasteiger partial charge in [-0.15, -0.1) is 0 Å². The van der Waals surface area contributed by atoms with E-state index in [4.69, 9.17) is 4.42 Å². The second-order valence-electron chi connectivity index (χ2n) is 5.91. The van der Waals surface area contributed by atoms with E-state index < -0.39 is 0 Å². The summed E-state index contributed by atoms with van der Waals surface area (Å²) in [5, 5.41) is 8.81. The van der Waals surface area contributed by atoms with E-state index in [0.29, 0.717) is 25.6 Å². The van der Waals surface area contributed by atoms with E-state index in [9.17, 15) is 4.79 Å². The van der Waals surface area contributed by atoms with Gasteiger partial charge in [-0.05, 0) is 44.1 Å². The number of carbonyl (C=O) groups excluding carboxylic acids is 1. The molecule has 1 aliphatic heterocycles. The molecule has 2 amide bonds. The number of furan rings is 1. The average molecular weight is 344 g/mol. The standard InChI is InChI=1S/C17H24N6O2/c24-17(21-9-8-20-16-18-6-4-7-19-16)22-13-14(15-5-3-12-25-15)23-10-1-2-11-23/h3-7,12,14H,1-2,8-11,13H2,(H,18,19,20)(H2,21,22,24)/t14-/m0/s1. The third-order valence-corrected chi connectivity index (χ3v) is 4.17. The molecule has 2 aromatic heterocycles. The van der Waals surface area contributed by atoms with Gasteiger partial charge in [-0.3, -0.25) is 4.90 Å². The highest BCUT2D eigenvalue weighted by molar-refractivity contribution is 5.73. The predicted octanol–water partition coefficient (Wildman–Crippen LogP) is 1.62. The highest BCUT2D eigenvalue weighted by Crippen LogP contribution is 2.24. The lowest BCUT2D eigenvalue weighted by Crippen LogP contribution is -2.42. The maximum atomic E-state index is 12.0. The van der Waals surface area contributed by atoms with E-state index in [1.807, 2.05) is 12.1 Å². The molecule has 1 atom stereocenters. The van der Waals surface area contributed by atoms with Gasteiger partial charge >= 0.3 is 6.03 Å². The van der Waals surface area contributed by atoms with Crippen LogP contribution in [0.1, 0.15) is 24.6 Å². The molecule has 1 fully saturated rings. The van der Waals surface area contributed by atoms with Crippen LogP contribution in [0.3, 0.4) is 0 Å². The van der Waals surface area contributed by atoms with Gasteiger partial charge in [0.15, 0.2) is 0 Å². The van der Waals surface area contributed by atoms with Crippen molar-refractivity contribution in [1.29, 1.82) is 0 Å². The van der Waals surface area contributed by atoms with E-state index in [-0.39, 0.29) is 12.1 Å². The fourth-order valence-corrected chi connectivity index (χ4v) is 2.94. The Hall–Kier alpha value is -2.61. The van der Waals surface area contributed by atoms with Crippen LogP contribution in [0.4, 0.5) is 10.7 Å². The Morgan fingerprint density at radius 2 is 1.96 bits per heavy atom. The molecule has 3 N–H and O–H groups in total. The van der Waals surface area contributed by atoms with Gasteiger partial charge in [-0.2, -0.15) is 0 Å². The van der Waals surface area contributed by atoms with Gasteiger partial charge in [-0.25, -0.2) is 14.8 Å². The Morgan fingerprint density at radius 1 is 1.16 bits per heavy atom. The first kappa shape index (κ1) is 17.2. The summed E-state index contributed by atoms with van der Waals surface area (Å²) in [5.74, 6) is 1.45. The highest BCUT2D eigenvalue weighted by atomic mass is 16.3. The minimum Gasteiger partial charge on any atom is -0.468 e. The van der Waals surface area contributed by atoms with Crippen molar-refractivity contribution in [2.75, 3.05) is 38.0 Å². The van der Waals surface area contributed by atoms with Gasteiger partial charge < -0.3 is 20.4 Å². The molecule has 0 unspecified atom stereocenters. The normalized spacial score (nSPS) is 15.7. The number of hydrogen-bond donors (Lipinski definition) is 3. The van der Waals surface area contributed by atoms with Crippen LogP contribution in [0.15, 0.2) is 41.3 Å². The molecule has 3 heterocycles. The van der Waals surface area contributed by atoms with Gasteiger partial charge in [0, 0.05) is 32.0 Å². The topological polar surface area (TPSA) is 95.3 Å². The average Bonchev–Trinajstić information content (AvgIpc) is 3.34. The Bertz CT molecular complexity index is 628. The molecule has 1 aliphatic rings. The van der Waals surface area contributed by atoms with Crippen molar-refractivity contribution in [3.8, 4) is 0 Å². The fraction of sp³-hybridized carbons (Fsp3) is 0.471. The summed E-state index contributed by atoms with van der Waals surface area (Å²) >= 11 is 0. The fourth-order valence-electron chi connectivity index (χ4n) is 2.94. The lowest BCUT2D eigenvalue weighted by molar-refractivity contribution is 0.203. The third kappa shape index (κ3) is 5.18. The molecule has 1 saturated heterocycles. The number of nitrogens with zero attached hydrogens (tertiary/aromatic N) is 3. The van der Waals surface area contributed by atoms with Crippen molar-refractivity contribution < 1.29 is 9.21 Å². The minimum absolute atomic E-state index is 0.0825. The molecule has 134 valence electrons. The lowest BCUT2D eigenvalue weighted by Gasteiger charge is -2.26. The molecule has 0 bridgehead atoms. The van der Waals surface area contributed by atoms with Gasteiger partial charge in [0.05, 0.1) is 12.3 Å². The zero-order valence-corrected chi connectivity index (χ0v) is 14.1. The van der Waals surface area contributed by atoms with Crippen molar-refractivity contribution >= 4 is 12.0 Å². The molecule has 0 radical (unpaired) electrons. The number of hydrogen-bond acceptors (Lipinski definition) is 6. The maximum absolute atomic E-state index is 12.0. The summed E-state index contributed by atoms with van der Waals surface area (Å²) < 4.78 is 5.55. The third-order valence-electron chi connectivity index (χ3n) is 4.17. The van der Waals surface area contributed by atoms with Crippen LogP contribution < -0.4 is 16.0 Å². The molecule has 0 aliphatic carbocycles. The van der Waals surface area contributed by atoms with Crippen molar-refractivity contribution in [2.24, 2.45) is 0 Å². The van der Waals surface area contributed by atoms with Gasteiger partial charge in [0.2, 0.25) is 5.95 Å². The highest BCUT2D eigenvalue weighted by Gasteiger charge is 2.25. The molecular formula is C17H24N6O2. The molecule has 8 heteroatoms. The summed E-state index contributed by atoms with van der Waals surface area (Å²) in [6.45, 7) is 3.64. The van der Waals surface area contributed by atoms with Crippen LogP contribution in [0.25, 0.3) is 0 Å². The maximum Gasteiger partial charge on any atom is 0.314 e. The second kappa shape index (κ2) is 9.03. The first-order chi connectivity index (χ1) is 12.3. The van der Waals surface area contributed by atoms with Crippen LogP contribution in [0.5, 0.6) is 0 Å². The first-order valence-electron chi connectivity index (χ1n) is 8.63. The zero-order chi connectivity index (χ0) is 17.3. The quantitative estimate of drug-likeness (QED) is 0.630. The summed E-state index contributed by atoms with van der Waals surface area (Å²) in [6.07, 6.45) is 7.40. The van der Waals surface area contributed by atoms with Crippen molar-refractivity contribution in [1.82, 2.24) is 25.5 Å². The Morgan fingerprint density at radius 3 is 2.68 bits per heavy atom. The van der Waals surface area contributed by atoms with Crippen LogP contribution in [-0.4, -0.2) is 53.6 Å². The molecule has 0 saturated carbocycles. The van der Waals surface area contributed by atoms with Crippen LogP contribution in [-0.2, 0) is 0 Å². The van der Waals surface area contributed by atoms with Crippen molar-refractivity contribution in [3.05, 3.63) is 42.6 Å². The molecule has 25 heavy (non-hydrogen) atoms. The van der Waals surface area contributed by atoms with E-state index in [2.05, 4.69) is 30.8 Å². The van der Waals surface area contributed by atoms with Crippen molar-refractivity contribution in [2.45, 2.75) is 18.9 Å². The van der Waals surface area contributed by atoms with Crippen LogP contribution in [0.2, 0.25) is 0 Å². The van der Waals surface area contributed by atoms with E-state index in [1.54, 1.807) is 24.7 Å². The largest absolute Gasteiger partial charge is 0.468 e. The Balaban J connectivity index is 1.39. The number of urea groups is 1. The second-order valence-corrected chi connectivity index (χ2v) is 5.91. The van der Waals surface area contributed by atoms with Crippen LogP contribution >= 0.6 is 0 Å². The summed E-state index contributed by atoms with van der Waals surface area (Å²) in [7, 11) is 0. The number of aromatic nitrogens is 2. The minimum atomic E-state index is -0.188. The van der Waals surface area contributed by atoms with Crippen LogP contribution in [0, 0.1) is 0 Å². The molecule has 2 aromatic rings. The number of nitrogens with one attached hydrogen (secondary N) is 3. The summed E-state index contributed by atoms with van der Waals surface area (Å²) in [6, 6.07) is 5.50. The number of anilines is 1. The van der Waals surface area contributed by atoms with Crippen molar-refractivity contribution in [3.63, 3.8) is 0 Å². The van der Waals surface area contributed by atoms with E-state index in [1.165, 1.54) is 12.8 Å². The number of amides is 2. The SMILES string of the molecule is O=C(NCCNc1ncccn1)NC[C@@H](c1ccco1)N1CCCC1. The molecule has 8 nitrogen and oxygen atoms in total. The zero-order valence-electron chi connectivity index (χ0n) is 14.1. The van der Waals surface area contributed by atoms with E-state index in [0.717, 1.165) is 18.8 Å². The summed E-state index contributed by atoms with van der Waals surface area (Å²) in [5.41, 5.74) is 0. The first-order valence-corrected chi connectivity index (χ1v) is 8.63. The van der Waals surface area contributed by atoms with Gasteiger partial charge in [-0.1, -0.05) is 0 Å². The lowest BCUT2D eigenvalue weighted by atomic mass is 10.2. The Kier molecular flexibility index (Phi) is 6.22. The number of carbonyl (C=O) groups is 1. The van der Waals surface area contributed by atoms with Gasteiger partial charge in [0.25, 0.3) is 0 Å². The predicted molar refractivity (Wildman–Crippen MR) is 94.2 cm³/mol. The van der Waals surface area contributed by atoms with E-state index >= 15 is 0 Å². The number of likely N-dealkylation sites (tertiary alicyclic amines) is 1. The molecule has 3 rings (SSSR count). The van der Waals surface area contributed by atoms with Gasteiger partial charge in [0.1, 0.15) is 5.76 Å². The Labute approximate surface area is 147 Å². The monoisotopic (exact) mass is 344 g/mol. The smallest absolute Gasteiger partial charge is 0.314 e. The molecule has 0 aromatic carbocycles. The summed E-state index contributed by atoms with van der Waals surface area (Å²) in [4.78, 5) is 22.5. The number of rotatable bonds is 8. The molecular weight excluding hydrogens is 320 g/mol. The molecule has 0 spiro atoms.